The van der Waals surface area contributed by atoms with E-state index in [1.807, 2.05) is 12.3 Å². The molecule has 0 saturated carbocycles. The number of hydrogen-bond donors (Lipinski definition) is 1. The molecule has 2 aliphatic heterocycles. The fourth-order valence-corrected chi connectivity index (χ4v) is 8.10. The largest absolute Gasteiger partial charge is 0.317 e. The molecule has 0 amide bonds. The van der Waals surface area contributed by atoms with Crippen molar-refractivity contribution in [3.05, 3.63) is 122 Å². The summed E-state index contributed by atoms with van der Waals surface area (Å²) >= 11 is 7.18. The van der Waals surface area contributed by atoms with Crippen molar-refractivity contribution in [2.45, 2.75) is 38.5 Å². The van der Waals surface area contributed by atoms with Gasteiger partial charge in [0.2, 0.25) is 0 Å². The van der Waals surface area contributed by atoms with E-state index >= 15 is 0 Å². The third-order valence-electron chi connectivity index (χ3n) is 10.3. The summed E-state index contributed by atoms with van der Waals surface area (Å²) in [6.07, 6.45) is 15.3. The van der Waals surface area contributed by atoms with E-state index in [4.69, 9.17) is 21.6 Å². The number of rotatable bonds is 2. The molecule has 1 atom stereocenters. The van der Waals surface area contributed by atoms with Crippen molar-refractivity contribution in [3.8, 4) is 11.3 Å². The van der Waals surface area contributed by atoms with Gasteiger partial charge in [0.15, 0.2) is 0 Å². The fourth-order valence-electron chi connectivity index (χ4n) is 7.83. The summed E-state index contributed by atoms with van der Waals surface area (Å²) in [7, 11) is 2.22. The van der Waals surface area contributed by atoms with Gasteiger partial charge in [0.25, 0.3) is 0 Å². The van der Waals surface area contributed by atoms with E-state index < -0.39 is 0 Å². The molecule has 45 heavy (non-hydrogen) atoms. The van der Waals surface area contributed by atoms with Crippen LogP contribution in [0, 0.1) is 12.8 Å². The first-order valence-electron chi connectivity index (χ1n) is 16.4. The van der Waals surface area contributed by atoms with Crippen LogP contribution >= 0.6 is 11.6 Å². The molecule has 2 saturated heterocycles. The van der Waals surface area contributed by atoms with Crippen molar-refractivity contribution in [1.29, 1.82) is 0 Å². The number of hydrogen-bond acceptors (Lipinski definition) is 4. The van der Waals surface area contributed by atoms with Gasteiger partial charge in [-0.25, -0.2) is 4.98 Å². The van der Waals surface area contributed by atoms with Gasteiger partial charge in [-0.2, -0.15) is 0 Å². The number of piperidine rings is 2. The van der Waals surface area contributed by atoms with Gasteiger partial charge < -0.3 is 10.2 Å². The van der Waals surface area contributed by atoms with E-state index in [2.05, 4.69) is 97.0 Å². The van der Waals surface area contributed by atoms with Gasteiger partial charge in [-0.3, -0.25) is 4.98 Å². The minimum atomic E-state index is 0.208. The smallest absolute Gasteiger partial charge is 0.0787 e. The molecule has 0 bridgehead atoms. The normalized spacial score (nSPS) is 19.8. The van der Waals surface area contributed by atoms with Gasteiger partial charge in [-0.05, 0) is 111 Å². The highest BCUT2D eigenvalue weighted by Crippen LogP contribution is 2.45. The van der Waals surface area contributed by atoms with E-state index in [1.165, 1.54) is 50.2 Å². The molecule has 5 heteroatoms. The number of pyridine rings is 2. The number of aryl methyl sites for hydroxylation is 1. The highest BCUT2D eigenvalue weighted by atomic mass is 35.5. The summed E-state index contributed by atoms with van der Waals surface area (Å²) in [6.45, 7) is 6.40. The Hall–Kier alpha value is -3.83. The maximum atomic E-state index is 7.18. The van der Waals surface area contributed by atoms with Crippen LogP contribution in [0.1, 0.15) is 81.9 Å². The molecule has 2 fully saturated rings. The molecule has 0 spiro atoms. The van der Waals surface area contributed by atoms with Crippen molar-refractivity contribution in [2.24, 2.45) is 5.92 Å². The zero-order valence-electron chi connectivity index (χ0n) is 26.1. The summed E-state index contributed by atoms with van der Waals surface area (Å²) in [5, 5.41) is 4.30. The Morgan fingerprint density at radius 3 is 2.44 bits per heavy atom. The minimum absolute atomic E-state index is 0.208. The molecule has 8 rings (SSSR count). The number of fused-ring (bicyclic) bond motifs is 4. The summed E-state index contributed by atoms with van der Waals surface area (Å²) in [5.41, 5.74) is 15.6. The van der Waals surface area contributed by atoms with Crippen LogP contribution in [0.2, 0.25) is 5.02 Å². The van der Waals surface area contributed by atoms with Gasteiger partial charge >= 0.3 is 0 Å². The van der Waals surface area contributed by atoms with Gasteiger partial charge in [0, 0.05) is 41.9 Å². The zero-order valence-corrected chi connectivity index (χ0v) is 26.9. The topological polar surface area (TPSA) is 41.1 Å². The number of nitrogens with one attached hydrogen (secondary N) is 1. The van der Waals surface area contributed by atoms with E-state index in [1.54, 1.807) is 0 Å². The lowest BCUT2D eigenvalue weighted by atomic mass is 9.76. The van der Waals surface area contributed by atoms with Crippen molar-refractivity contribution in [3.63, 3.8) is 0 Å². The fraction of sp³-hybridized carbons (Fsp3) is 0.300. The minimum Gasteiger partial charge on any atom is -0.317 e. The Morgan fingerprint density at radius 1 is 0.822 bits per heavy atom. The van der Waals surface area contributed by atoms with Crippen LogP contribution in [0.15, 0.2) is 66.4 Å². The lowest BCUT2D eigenvalue weighted by Crippen LogP contribution is -2.32. The number of aromatic nitrogens is 2. The SMILES string of the molecule is Cc1ccc2c(c1)C=Cc1ccc(-c3cc4c(cc3Cl)C=Cc3cccnc3C4C3CCNCC3)nc1C2=C1CCN(C)CC1. The molecule has 4 heterocycles. The standard InChI is InChI=1S/C40H39ClN4/c1-25-5-11-32-30(22-25)8-7-29-10-12-36(44-40(29)37(32)27-15-20-45(2)21-16-27)34-24-33-31(23-35(34)41)9-6-28-4-3-17-43-39(28)38(33)26-13-18-42-19-14-26/h3-12,17,22-24,26,38,42H,13-16,18-21H2,1-2H3. The number of likely N-dealkylation sites (tertiary alicyclic amines) is 1. The maximum absolute atomic E-state index is 7.18. The molecule has 1 unspecified atom stereocenters. The van der Waals surface area contributed by atoms with E-state index in [9.17, 15) is 0 Å². The van der Waals surface area contributed by atoms with Crippen LogP contribution in [0.25, 0.3) is 41.1 Å². The summed E-state index contributed by atoms with van der Waals surface area (Å²) in [4.78, 5) is 12.9. The average molecular weight is 611 g/mol. The quantitative estimate of drug-likeness (QED) is 0.217. The maximum Gasteiger partial charge on any atom is 0.0787 e. The van der Waals surface area contributed by atoms with E-state index in [0.717, 1.165) is 79.4 Å². The Labute approximate surface area is 271 Å². The monoisotopic (exact) mass is 610 g/mol. The first-order chi connectivity index (χ1) is 22.0. The molecule has 4 aromatic rings. The van der Waals surface area contributed by atoms with Crippen molar-refractivity contribution < 1.29 is 0 Å². The van der Waals surface area contributed by atoms with Crippen LogP contribution in [0.3, 0.4) is 0 Å². The van der Waals surface area contributed by atoms with Crippen LogP contribution in [0.5, 0.6) is 0 Å². The average Bonchev–Trinajstić information content (AvgIpc) is 3.32. The van der Waals surface area contributed by atoms with Gasteiger partial charge in [-0.15, -0.1) is 0 Å². The predicted molar refractivity (Wildman–Crippen MR) is 188 cm³/mol. The Balaban J connectivity index is 1.30. The lowest BCUT2D eigenvalue weighted by molar-refractivity contribution is 0.313. The zero-order chi connectivity index (χ0) is 30.5. The van der Waals surface area contributed by atoms with Crippen molar-refractivity contribution >= 4 is 41.5 Å². The highest BCUT2D eigenvalue weighted by Gasteiger charge is 2.32. The van der Waals surface area contributed by atoms with E-state index in [0.29, 0.717) is 5.92 Å². The molecule has 2 aromatic carbocycles. The second-order valence-corrected chi connectivity index (χ2v) is 13.6. The molecule has 4 nitrogen and oxygen atoms in total. The highest BCUT2D eigenvalue weighted by molar-refractivity contribution is 6.33. The van der Waals surface area contributed by atoms with Crippen molar-refractivity contribution in [2.75, 3.05) is 33.2 Å². The van der Waals surface area contributed by atoms with Gasteiger partial charge in [0.1, 0.15) is 0 Å². The molecular formula is C40H39ClN4. The second-order valence-electron chi connectivity index (χ2n) is 13.2. The molecular weight excluding hydrogens is 572 g/mol. The lowest BCUT2D eigenvalue weighted by Gasteiger charge is -2.32. The molecule has 4 aliphatic rings. The number of nitrogens with zero attached hydrogens (tertiary/aromatic N) is 3. The van der Waals surface area contributed by atoms with Gasteiger partial charge in [0.05, 0.1) is 22.1 Å². The third kappa shape index (κ3) is 5.29. The molecule has 2 aromatic heterocycles. The number of halogens is 1. The predicted octanol–water partition coefficient (Wildman–Crippen LogP) is 8.73. The molecule has 226 valence electrons. The third-order valence-corrected chi connectivity index (χ3v) is 10.6. The van der Waals surface area contributed by atoms with Crippen LogP contribution in [-0.2, 0) is 0 Å². The first-order valence-corrected chi connectivity index (χ1v) is 16.8. The molecule has 0 radical (unpaired) electrons. The van der Waals surface area contributed by atoms with Crippen LogP contribution in [-0.4, -0.2) is 48.1 Å². The van der Waals surface area contributed by atoms with Crippen molar-refractivity contribution in [1.82, 2.24) is 20.2 Å². The Kier molecular flexibility index (Phi) is 7.53. The second kappa shape index (κ2) is 11.8. The summed E-state index contributed by atoms with van der Waals surface area (Å²) < 4.78 is 0. The van der Waals surface area contributed by atoms with Gasteiger partial charge in [-0.1, -0.05) is 77.4 Å². The van der Waals surface area contributed by atoms with Crippen LogP contribution in [0.4, 0.5) is 0 Å². The number of benzene rings is 2. The summed E-state index contributed by atoms with van der Waals surface area (Å²) in [5.74, 6) is 0.721. The Bertz CT molecular complexity index is 1880. The van der Waals surface area contributed by atoms with Crippen LogP contribution < -0.4 is 5.32 Å². The molecule has 2 aliphatic carbocycles. The van der Waals surface area contributed by atoms with E-state index in [-0.39, 0.29) is 5.92 Å². The Morgan fingerprint density at radius 2 is 1.60 bits per heavy atom. The molecule has 1 N–H and O–H groups in total. The first kappa shape index (κ1) is 28.6. The summed E-state index contributed by atoms with van der Waals surface area (Å²) in [6, 6.07) is 20.0.